The lowest BCUT2D eigenvalue weighted by Gasteiger charge is -2.26. The van der Waals surface area contributed by atoms with E-state index in [0.717, 1.165) is 30.3 Å². The van der Waals surface area contributed by atoms with E-state index < -0.39 is 0 Å². The maximum atomic E-state index is 11.7. The standard InChI is InChI=1S/C20H34N6O/c1-16(2)24-20(27)25-18-9-7-17(8-10-18)15-23-19(21-3)22-11-14-26-12-5-4-6-13-26/h7-10,16H,4-6,11-15H2,1-3H3,(H2,21,22,23)(H2,24,25,27). The van der Waals surface area contributed by atoms with Gasteiger partial charge in [0.15, 0.2) is 5.96 Å². The molecule has 0 spiro atoms. The Morgan fingerprint density at radius 3 is 2.44 bits per heavy atom. The van der Waals surface area contributed by atoms with Crippen LogP contribution in [0.2, 0.25) is 0 Å². The van der Waals surface area contributed by atoms with Gasteiger partial charge in [0.1, 0.15) is 0 Å². The molecular formula is C20H34N6O. The van der Waals surface area contributed by atoms with Crippen LogP contribution in [0.4, 0.5) is 10.5 Å². The molecule has 1 aromatic carbocycles. The number of guanidine groups is 1. The highest BCUT2D eigenvalue weighted by Crippen LogP contribution is 2.09. The second kappa shape index (κ2) is 11.4. The summed E-state index contributed by atoms with van der Waals surface area (Å²) in [4.78, 5) is 18.5. The van der Waals surface area contributed by atoms with Crippen molar-refractivity contribution < 1.29 is 4.79 Å². The Kier molecular flexibility index (Phi) is 8.91. The second-order valence-corrected chi connectivity index (χ2v) is 7.20. The largest absolute Gasteiger partial charge is 0.355 e. The van der Waals surface area contributed by atoms with Crippen molar-refractivity contribution in [1.82, 2.24) is 20.9 Å². The van der Waals surface area contributed by atoms with Gasteiger partial charge in [-0.05, 0) is 57.5 Å². The van der Waals surface area contributed by atoms with Gasteiger partial charge < -0.3 is 26.2 Å². The average Bonchev–Trinajstić information content (AvgIpc) is 2.66. The second-order valence-electron chi connectivity index (χ2n) is 7.20. The fourth-order valence-electron chi connectivity index (χ4n) is 3.06. The van der Waals surface area contributed by atoms with Crippen LogP contribution in [0, 0.1) is 0 Å². The molecule has 7 nitrogen and oxygen atoms in total. The SMILES string of the molecule is CN=C(NCCN1CCCCC1)NCc1ccc(NC(=O)NC(C)C)cc1. The lowest BCUT2D eigenvalue weighted by Crippen LogP contribution is -2.42. The third-order valence-corrected chi connectivity index (χ3v) is 4.48. The van der Waals surface area contributed by atoms with E-state index in [2.05, 4.69) is 31.2 Å². The third kappa shape index (κ3) is 8.30. The molecule has 2 rings (SSSR count). The molecule has 150 valence electrons. The first-order valence-corrected chi connectivity index (χ1v) is 9.90. The Labute approximate surface area is 163 Å². The Balaban J connectivity index is 1.69. The smallest absolute Gasteiger partial charge is 0.319 e. The summed E-state index contributed by atoms with van der Waals surface area (Å²) >= 11 is 0. The summed E-state index contributed by atoms with van der Waals surface area (Å²) < 4.78 is 0. The van der Waals surface area contributed by atoms with Gasteiger partial charge in [0.2, 0.25) is 0 Å². The van der Waals surface area contributed by atoms with E-state index in [1.54, 1.807) is 7.05 Å². The van der Waals surface area contributed by atoms with Gasteiger partial charge in [-0.3, -0.25) is 4.99 Å². The van der Waals surface area contributed by atoms with Crippen LogP contribution in [0.1, 0.15) is 38.7 Å². The first-order valence-electron chi connectivity index (χ1n) is 9.90. The molecule has 1 heterocycles. The van der Waals surface area contributed by atoms with Crippen molar-refractivity contribution in [2.45, 2.75) is 45.7 Å². The van der Waals surface area contributed by atoms with Crippen LogP contribution in [0.3, 0.4) is 0 Å². The number of piperidine rings is 1. The van der Waals surface area contributed by atoms with Crippen molar-refractivity contribution in [3.63, 3.8) is 0 Å². The van der Waals surface area contributed by atoms with Crippen LogP contribution < -0.4 is 21.3 Å². The summed E-state index contributed by atoms with van der Waals surface area (Å²) in [5.74, 6) is 0.811. The number of rotatable bonds is 7. The van der Waals surface area contributed by atoms with E-state index >= 15 is 0 Å². The van der Waals surface area contributed by atoms with E-state index in [1.165, 1.54) is 32.4 Å². The van der Waals surface area contributed by atoms with Crippen LogP contribution in [0.15, 0.2) is 29.3 Å². The summed E-state index contributed by atoms with van der Waals surface area (Å²) in [5, 5.41) is 12.3. The number of amides is 2. The van der Waals surface area contributed by atoms with Crippen LogP contribution in [0.25, 0.3) is 0 Å². The van der Waals surface area contributed by atoms with Gasteiger partial charge >= 0.3 is 6.03 Å². The third-order valence-electron chi connectivity index (χ3n) is 4.48. The average molecular weight is 375 g/mol. The minimum atomic E-state index is -0.186. The summed E-state index contributed by atoms with van der Waals surface area (Å²) in [6, 6.07) is 7.74. The molecule has 0 aromatic heterocycles. The lowest BCUT2D eigenvalue weighted by atomic mass is 10.1. The van der Waals surface area contributed by atoms with Gasteiger partial charge in [-0.15, -0.1) is 0 Å². The maximum Gasteiger partial charge on any atom is 0.319 e. The fourth-order valence-corrected chi connectivity index (χ4v) is 3.06. The zero-order valence-electron chi connectivity index (χ0n) is 16.8. The summed E-state index contributed by atoms with van der Waals surface area (Å²) in [7, 11) is 1.79. The number of aliphatic imine (C=N–C) groups is 1. The van der Waals surface area contributed by atoms with Crippen LogP contribution >= 0.6 is 0 Å². The van der Waals surface area contributed by atoms with Gasteiger partial charge in [0.05, 0.1) is 0 Å². The number of hydrogen-bond donors (Lipinski definition) is 4. The van der Waals surface area contributed by atoms with E-state index in [9.17, 15) is 4.79 Å². The Hall–Kier alpha value is -2.28. The summed E-state index contributed by atoms with van der Waals surface area (Å²) in [6.45, 7) is 8.92. The van der Waals surface area contributed by atoms with Gasteiger partial charge in [0.25, 0.3) is 0 Å². The zero-order valence-corrected chi connectivity index (χ0v) is 16.8. The molecule has 4 N–H and O–H groups in total. The predicted molar refractivity (Wildman–Crippen MR) is 112 cm³/mol. The van der Waals surface area contributed by atoms with Crippen LogP contribution in [-0.2, 0) is 6.54 Å². The number of urea groups is 1. The van der Waals surface area contributed by atoms with Crippen molar-refractivity contribution in [3.8, 4) is 0 Å². The topological polar surface area (TPSA) is 80.8 Å². The highest BCUT2D eigenvalue weighted by Gasteiger charge is 2.09. The van der Waals surface area contributed by atoms with Crippen molar-refractivity contribution in [2.75, 3.05) is 38.5 Å². The minimum Gasteiger partial charge on any atom is -0.355 e. The van der Waals surface area contributed by atoms with Gasteiger partial charge in [-0.2, -0.15) is 0 Å². The number of nitrogens with zero attached hydrogens (tertiary/aromatic N) is 2. The van der Waals surface area contributed by atoms with Crippen LogP contribution in [0.5, 0.6) is 0 Å². The van der Waals surface area contributed by atoms with E-state index in [0.29, 0.717) is 6.54 Å². The molecule has 1 aromatic rings. The molecular weight excluding hydrogens is 340 g/mol. The van der Waals surface area contributed by atoms with Crippen molar-refractivity contribution in [1.29, 1.82) is 0 Å². The van der Waals surface area contributed by atoms with E-state index in [1.807, 2.05) is 38.1 Å². The number of benzene rings is 1. The maximum absolute atomic E-state index is 11.7. The summed E-state index contributed by atoms with van der Waals surface area (Å²) in [5.41, 5.74) is 1.91. The number of carbonyl (C=O) groups is 1. The molecule has 0 radical (unpaired) electrons. The monoisotopic (exact) mass is 374 g/mol. The highest BCUT2D eigenvalue weighted by molar-refractivity contribution is 5.89. The molecule has 27 heavy (non-hydrogen) atoms. The molecule has 1 fully saturated rings. The van der Waals surface area contributed by atoms with E-state index in [4.69, 9.17) is 0 Å². The molecule has 0 unspecified atom stereocenters. The molecule has 7 heteroatoms. The first kappa shape index (κ1) is 21.0. The van der Waals surface area contributed by atoms with Gasteiger partial charge in [-0.1, -0.05) is 18.6 Å². The van der Waals surface area contributed by atoms with E-state index in [-0.39, 0.29) is 12.1 Å². The number of likely N-dealkylation sites (tertiary alicyclic amines) is 1. The molecule has 1 aliphatic heterocycles. The molecule has 1 saturated heterocycles. The number of anilines is 1. The normalized spacial score (nSPS) is 15.5. The molecule has 2 amide bonds. The first-order chi connectivity index (χ1) is 13.1. The fraction of sp³-hybridized carbons (Fsp3) is 0.600. The Bertz CT molecular complexity index is 593. The lowest BCUT2D eigenvalue weighted by molar-refractivity contribution is 0.232. The predicted octanol–water partition coefficient (Wildman–Crippen LogP) is 2.37. The highest BCUT2D eigenvalue weighted by atomic mass is 16.2. The van der Waals surface area contributed by atoms with Crippen molar-refractivity contribution in [3.05, 3.63) is 29.8 Å². The molecule has 0 aliphatic carbocycles. The number of carbonyl (C=O) groups excluding carboxylic acids is 1. The molecule has 1 aliphatic rings. The molecule has 0 bridgehead atoms. The zero-order chi connectivity index (χ0) is 19.5. The van der Waals surface area contributed by atoms with Crippen LogP contribution in [-0.4, -0.2) is 56.2 Å². The molecule has 0 atom stereocenters. The van der Waals surface area contributed by atoms with Crippen molar-refractivity contribution in [2.24, 2.45) is 4.99 Å². The molecule has 0 saturated carbocycles. The number of hydrogen-bond acceptors (Lipinski definition) is 3. The summed E-state index contributed by atoms with van der Waals surface area (Å²) in [6.07, 6.45) is 4.00. The van der Waals surface area contributed by atoms with Gasteiger partial charge in [-0.25, -0.2) is 4.79 Å². The van der Waals surface area contributed by atoms with Crippen molar-refractivity contribution >= 4 is 17.7 Å². The number of nitrogens with one attached hydrogen (secondary N) is 4. The Morgan fingerprint density at radius 1 is 1.11 bits per heavy atom. The van der Waals surface area contributed by atoms with Gasteiger partial charge in [0, 0.05) is 38.4 Å². The Morgan fingerprint density at radius 2 is 1.81 bits per heavy atom. The minimum absolute atomic E-state index is 0.114. The quantitative estimate of drug-likeness (QED) is 0.436.